The van der Waals surface area contributed by atoms with E-state index in [1.165, 1.54) is 22.4 Å². The van der Waals surface area contributed by atoms with Crippen LogP contribution in [0.3, 0.4) is 0 Å². The lowest BCUT2D eigenvalue weighted by atomic mass is 9.62. The van der Waals surface area contributed by atoms with Gasteiger partial charge in [0.25, 0.3) is 0 Å². The van der Waals surface area contributed by atoms with E-state index in [1.54, 1.807) is 12.1 Å². The SMILES string of the molecule is CCCN1c2cc(CO)ccc2N(C)c2cc3c(cc2C1c1ccc(C(=O)O)cc1)C(C)(C)CCC3(C)C. The molecular weight excluding hydrogens is 472 g/mol. The lowest BCUT2D eigenvalue weighted by Gasteiger charge is -2.43. The molecule has 1 atom stereocenters. The van der Waals surface area contributed by atoms with E-state index in [-0.39, 0.29) is 29.0 Å². The predicted molar refractivity (Wildman–Crippen MR) is 155 cm³/mol. The largest absolute Gasteiger partial charge is 0.478 e. The molecule has 0 spiro atoms. The number of aliphatic hydroxyl groups is 1. The molecule has 3 aromatic carbocycles. The Kier molecular flexibility index (Phi) is 6.55. The summed E-state index contributed by atoms with van der Waals surface area (Å²) in [6.45, 7) is 12.4. The second-order valence-corrected chi connectivity index (χ2v) is 12.3. The van der Waals surface area contributed by atoms with Crippen LogP contribution < -0.4 is 9.80 Å². The average molecular weight is 513 g/mol. The van der Waals surface area contributed by atoms with E-state index in [0.29, 0.717) is 0 Å². The fraction of sp³-hybridized carbons (Fsp3) is 0.424. The molecular formula is C33H40N2O3. The Morgan fingerprint density at radius 3 is 2.11 bits per heavy atom. The third-order valence-corrected chi connectivity index (χ3v) is 8.80. The van der Waals surface area contributed by atoms with E-state index >= 15 is 0 Å². The van der Waals surface area contributed by atoms with Gasteiger partial charge in [0, 0.05) is 24.8 Å². The molecule has 0 radical (unpaired) electrons. The summed E-state index contributed by atoms with van der Waals surface area (Å²) in [5.41, 5.74) is 9.80. The highest BCUT2D eigenvalue weighted by Crippen LogP contribution is 2.53. The fourth-order valence-electron chi connectivity index (χ4n) is 6.40. The molecule has 0 amide bonds. The van der Waals surface area contributed by atoms with Crippen LogP contribution in [-0.2, 0) is 17.4 Å². The number of carboxylic acid groups (broad SMARTS) is 1. The lowest BCUT2D eigenvalue weighted by molar-refractivity contribution is 0.0697. The van der Waals surface area contributed by atoms with Crippen LogP contribution in [0.2, 0.25) is 0 Å². The number of hydrogen-bond donors (Lipinski definition) is 2. The third-order valence-electron chi connectivity index (χ3n) is 8.80. The average Bonchev–Trinajstić information content (AvgIpc) is 2.99. The molecule has 2 aliphatic rings. The van der Waals surface area contributed by atoms with Crippen molar-refractivity contribution in [2.75, 3.05) is 23.4 Å². The van der Waals surface area contributed by atoms with Gasteiger partial charge in [-0.05, 0) is 82.7 Å². The number of nitrogens with zero attached hydrogens (tertiary/aromatic N) is 2. The van der Waals surface area contributed by atoms with Crippen LogP contribution in [-0.4, -0.2) is 29.8 Å². The van der Waals surface area contributed by atoms with Gasteiger partial charge in [0.05, 0.1) is 29.6 Å². The second kappa shape index (κ2) is 9.46. The van der Waals surface area contributed by atoms with Crippen LogP contribution >= 0.6 is 0 Å². The van der Waals surface area contributed by atoms with Crippen molar-refractivity contribution in [2.45, 2.75) is 77.4 Å². The zero-order chi connectivity index (χ0) is 27.4. The summed E-state index contributed by atoms with van der Waals surface area (Å²) >= 11 is 0. The van der Waals surface area contributed by atoms with Gasteiger partial charge in [-0.15, -0.1) is 0 Å². The van der Waals surface area contributed by atoms with Crippen LogP contribution in [0.4, 0.5) is 17.1 Å². The standard InChI is InChI=1S/C33H40N2O3/c1-7-16-35-29-17-21(20-36)8-13-27(29)34(6)28-19-26-25(32(2,3)14-15-33(26,4)5)18-24(28)30(35)22-9-11-23(12-10-22)31(37)38/h8-13,17-19,30,36H,7,14-16,20H2,1-6H3,(H,37,38). The molecule has 0 saturated carbocycles. The quantitative estimate of drug-likeness (QED) is 0.375. The minimum absolute atomic E-state index is 0.0153. The Morgan fingerprint density at radius 1 is 0.895 bits per heavy atom. The number of aliphatic hydroxyl groups excluding tert-OH is 1. The van der Waals surface area contributed by atoms with Gasteiger partial charge >= 0.3 is 5.97 Å². The van der Waals surface area contributed by atoms with Crippen LogP contribution in [0.25, 0.3) is 0 Å². The van der Waals surface area contributed by atoms with E-state index in [1.807, 2.05) is 18.2 Å². The zero-order valence-electron chi connectivity index (χ0n) is 23.5. The van der Waals surface area contributed by atoms with E-state index in [2.05, 4.69) is 75.7 Å². The highest BCUT2D eigenvalue weighted by atomic mass is 16.4. The summed E-state index contributed by atoms with van der Waals surface area (Å²) < 4.78 is 0. The lowest BCUT2D eigenvalue weighted by Crippen LogP contribution is -2.35. The number of anilines is 3. The molecule has 0 bridgehead atoms. The van der Waals surface area contributed by atoms with Crippen molar-refractivity contribution < 1.29 is 15.0 Å². The van der Waals surface area contributed by atoms with Gasteiger partial charge in [0.1, 0.15) is 0 Å². The fourth-order valence-corrected chi connectivity index (χ4v) is 6.40. The minimum Gasteiger partial charge on any atom is -0.478 e. The van der Waals surface area contributed by atoms with Gasteiger partial charge in [-0.3, -0.25) is 0 Å². The molecule has 3 aromatic rings. The monoisotopic (exact) mass is 512 g/mol. The number of carboxylic acids is 1. The summed E-state index contributed by atoms with van der Waals surface area (Å²) in [5.74, 6) is -0.918. The van der Waals surface area contributed by atoms with Gasteiger partial charge in [-0.2, -0.15) is 0 Å². The minimum atomic E-state index is -0.918. The first-order valence-corrected chi connectivity index (χ1v) is 13.7. The smallest absolute Gasteiger partial charge is 0.335 e. The van der Waals surface area contributed by atoms with Crippen LogP contribution in [0.5, 0.6) is 0 Å². The van der Waals surface area contributed by atoms with Crippen LogP contribution in [0, 0.1) is 0 Å². The molecule has 1 heterocycles. The topological polar surface area (TPSA) is 64.0 Å². The molecule has 5 nitrogen and oxygen atoms in total. The first kappa shape index (κ1) is 26.3. The van der Waals surface area contributed by atoms with E-state index in [0.717, 1.165) is 48.3 Å². The number of hydrogen-bond acceptors (Lipinski definition) is 4. The molecule has 1 aliphatic carbocycles. The number of fused-ring (bicyclic) bond motifs is 3. The molecule has 38 heavy (non-hydrogen) atoms. The summed E-state index contributed by atoms with van der Waals surface area (Å²) in [5, 5.41) is 19.5. The molecule has 0 saturated heterocycles. The summed E-state index contributed by atoms with van der Waals surface area (Å²) in [6, 6.07) is 18.4. The highest BCUT2D eigenvalue weighted by Gasteiger charge is 2.40. The normalized spacial score (nSPS) is 19.3. The molecule has 2 N–H and O–H groups in total. The Bertz CT molecular complexity index is 1370. The van der Waals surface area contributed by atoms with Crippen molar-refractivity contribution in [3.05, 3.63) is 88.0 Å². The third kappa shape index (κ3) is 4.27. The number of rotatable bonds is 5. The molecule has 0 aromatic heterocycles. The Morgan fingerprint density at radius 2 is 1.53 bits per heavy atom. The number of aromatic carboxylic acids is 1. The maximum Gasteiger partial charge on any atom is 0.335 e. The predicted octanol–water partition coefficient (Wildman–Crippen LogP) is 7.31. The van der Waals surface area contributed by atoms with Gasteiger partial charge in [-0.1, -0.05) is 58.9 Å². The van der Waals surface area contributed by atoms with Gasteiger partial charge in [0.15, 0.2) is 0 Å². The van der Waals surface area contributed by atoms with Crippen molar-refractivity contribution in [1.29, 1.82) is 0 Å². The van der Waals surface area contributed by atoms with E-state index in [9.17, 15) is 15.0 Å². The number of carbonyl (C=O) groups is 1. The van der Waals surface area contributed by atoms with Gasteiger partial charge < -0.3 is 20.0 Å². The maximum atomic E-state index is 11.6. The van der Waals surface area contributed by atoms with Crippen molar-refractivity contribution in [3.8, 4) is 0 Å². The van der Waals surface area contributed by atoms with Crippen LogP contribution in [0.1, 0.15) is 98.1 Å². The molecule has 0 fully saturated rings. The van der Waals surface area contributed by atoms with Crippen molar-refractivity contribution >= 4 is 23.0 Å². The molecule has 200 valence electrons. The first-order chi connectivity index (χ1) is 18.0. The van der Waals surface area contributed by atoms with Crippen molar-refractivity contribution in [2.24, 2.45) is 0 Å². The highest BCUT2D eigenvalue weighted by molar-refractivity contribution is 5.88. The van der Waals surface area contributed by atoms with Crippen LogP contribution in [0.15, 0.2) is 54.6 Å². The summed E-state index contributed by atoms with van der Waals surface area (Å²) in [4.78, 5) is 16.4. The van der Waals surface area contributed by atoms with E-state index in [4.69, 9.17) is 0 Å². The Hall–Kier alpha value is -3.31. The van der Waals surface area contributed by atoms with Crippen molar-refractivity contribution in [1.82, 2.24) is 0 Å². The van der Waals surface area contributed by atoms with Crippen molar-refractivity contribution in [3.63, 3.8) is 0 Å². The maximum absolute atomic E-state index is 11.6. The second-order valence-electron chi connectivity index (χ2n) is 12.3. The Balaban J connectivity index is 1.85. The summed E-state index contributed by atoms with van der Waals surface area (Å²) in [6.07, 6.45) is 3.24. The zero-order valence-corrected chi connectivity index (χ0v) is 23.5. The number of benzene rings is 3. The molecule has 1 unspecified atom stereocenters. The molecule has 5 heteroatoms. The van der Waals surface area contributed by atoms with E-state index < -0.39 is 5.97 Å². The van der Waals surface area contributed by atoms with Gasteiger partial charge in [-0.25, -0.2) is 4.79 Å². The van der Waals surface area contributed by atoms with Gasteiger partial charge in [0.2, 0.25) is 0 Å². The summed E-state index contributed by atoms with van der Waals surface area (Å²) in [7, 11) is 2.14. The Labute approximate surface area is 226 Å². The molecule has 5 rings (SSSR count). The molecule has 1 aliphatic heterocycles. The first-order valence-electron chi connectivity index (χ1n) is 13.7.